The van der Waals surface area contributed by atoms with E-state index in [9.17, 15) is 10.2 Å². The fraction of sp³-hybridized carbons (Fsp3) is 1.00. The van der Waals surface area contributed by atoms with Crippen LogP contribution in [-0.4, -0.2) is 76.2 Å². The summed E-state index contributed by atoms with van der Waals surface area (Å²) in [5.41, 5.74) is 0. The van der Waals surface area contributed by atoms with Crippen LogP contribution in [-0.2, 0) is 0 Å². The summed E-state index contributed by atoms with van der Waals surface area (Å²) in [6.45, 7) is 5.17. The molecule has 0 aromatic rings. The van der Waals surface area contributed by atoms with Gasteiger partial charge in [-0.3, -0.25) is 4.90 Å². The van der Waals surface area contributed by atoms with E-state index in [4.69, 9.17) is 0 Å². The molecule has 116 valence electrons. The number of hydrogen-bond acceptors (Lipinski definition) is 5. The minimum atomic E-state index is -0.249. The third-order valence-corrected chi connectivity index (χ3v) is 5.11. The maximum absolute atomic E-state index is 10.5. The summed E-state index contributed by atoms with van der Waals surface area (Å²) < 4.78 is 0. The SMILES string of the molecule is OC1CCN(C2C(O)CCCN2N2CCCCC2)CC1. The van der Waals surface area contributed by atoms with E-state index in [0.717, 1.165) is 58.4 Å². The Morgan fingerprint density at radius 1 is 0.700 bits per heavy atom. The van der Waals surface area contributed by atoms with Crippen LogP contribution in [0.2, 0.25) is 0 Å². The van der Waals surface area contributed by atoms with Gasteiger partial charge in [0, 0.05) is 32.7 Å². The highest BCUT2D eigenvalue weighted by atomic mass is 16.3. The van der Waals surface area contributed by atoms with Crippen molar-refractivity contribution in [1.82, 2.24) is 14.9 Å². The molecule has 3 heterocycles. The number of aliphatic hydroxyl groups excluding tert-OH is 2. The molecule has 5 heteroatoms. The molecule has 0 aliphatic carbocycles. The standard InChI is InChI=1S/C15H29N3O2/c19-13-6-11-16(12-7-13)15-14(20)5-4-10-18(15)17-8-2-1-3-9-17/h13-15,19-20H,1-12H2. The molecule has 3 fully saturated rings. The first-order valence-corrected chi connectivity index (χ1v) is 8.37. The molecule has 3 saturated heterocycles. The zero-order chi connectivity index (χ0) is 13.9. The van der Waals surface area contributed by atoms with Crippen LogP contribution in [0.5, 0.6) is 0 Å². The van der Waals surface area contributed by atoms with Gasteiger partial charge in [-0.2, -0.15) is 0 Å². The monoisotopic (exact) mass is 283 g/mol. The van der Waals surface area contributed by atoms with Gasteiger partial charge in [-0.15, -0.1) is 0 Å². The fourth-order valence-electron chi connectivity index (χ4n) is 3.97. The lowest BCUT2D eigenvalue weighted by Crippen LogP contribution is -2.64. The van der Waals surface area contributed by atoms with Crippen molar-refractivity contribution in [2.45, 2.75) is 63.3 Å². The highest BCUT2D eigenvalue weighted by molar-refractivity contribution is 4.87. The quantitative estimate of drug-likeness (QED) is 0.778. The highest BCUT2D eigenvalue weighted by Gasteiger charge is 2.39. The Morgan fingerprint density at radius 2 is 1.40 bits per heavy atom. The third kappa shape index (κ3) is 3.17. The molecule has 3 rings (SSSR count). The Labute approximate surface area is 122 Å². The molecule has 3 aliphatic heterocycles. The van der Waals surface area contributed by atoms with Gasteiger partial charge in [0.25, 0.3) is 0 Å². The molecule has 0 amide bonds. The van der Waals surface area contributed by atoms with Crippen LogP contribution in [0.15, 0.2) is 0 Å². The topological polar surface area (TPSA) is 50.2 Å². The number of hydrazine groups is 1. The molecule has 3 aliphatic rings. The minimum absolute atomic E-state index is 0.134. The Bertz CT molecular complexity index is 301. The number of rotatable bonds is 2. The lowest BCUT2D eigenvalue weighted by atomic mass is 10.0. The fourth-order valence-corrected chi connectivity index (χ4v) is 3.97. The summed E-state index contributed by atoms with van der Waals surface area (Å²) in [5.74, 6) is 0. The van der Waals surface area contributed by atoms with Crippen molar-refractivity contribution in [2.75, 3.05) is 32.7 Å². The van der Waals surface area contributed by atoms with Crippen molar-refractivity contribution in [3.63, 3.8) is 0 Å². The first kappa shape index (κ1) is 14.7. The van der Waals surface area contributed by atoms with Crippen LogP contribution in [0, 0.1) is 0 Å². The molecular weight excluding hydrogens is 254 g/mol. The van der Waals surface area contributed by atoms with Gasteiger partial charge in [-0.05, 0) is 38.5 Å². The van der Waals surface area contributed by atoms with Crippen molar-refractivity contribution >= 4 is 0 Å². The molecule has 0 aromatic carbocycles. The number of hydrogen-bond donors (Lipinski definition) is 2. The largest absolute Gasteiger partial charge is 0.393 e. The maximum Gasteiger partial charge on any atom is 0.102 e. The Hall–Kier alpha value is -0.200. The lowest BCUT2D eigenvalue weighted by molar-refractivity contribution is -0.183. The second kappa shape index (κ2) is 6.71. The summed E-state index contributed by atoms with van der Waals surface area (Å²) >= 11 is 0. The number of aliphatic hydroxyl groups is 2. The zero-order valence-electron chi connectivity index (χ0n) is 12.5. The van der Waals surface area contributed by atoms with Crippen molar-refractivity contribution in [3.8, 4) is 0 Å². The van der Waals surface area contributed by atoms with Crippen molar-refractivity contribution in [1.29, 1.82) is 0 Å². The lowest BCUT2D eigenvalue weighted by Gasteiger charge is -2.51. The first-order chi connectivity index (χ1) is 9.75. The molecule has 0 spiro atoms. The van der Waals surface area contributed by atoms with E-state index < -0.39 is 0 Å². The van der Waals surface area contributed by atoms with E-state index in [-0.39, 0.29) is 18.4 Å². The highest BCUT2D eigenvalue weighted by Crippen LogP contribution is 2.27. The van der Waals surface area contributed by atoms with Gasteiger partial charge >= 0.3 is 0 Å². The van der Waals surface area contributed by atoms with Gasteiger partial charge in [0.15, 0.2) is 0 Å². The molecular formula is C15H29N3O2. The third-order valence-electron chi connectivity index (χ3n) is 5.11. The summed E-state index contributed by atoms with van der Waals surface area (Å²) in [6, 6.07) is 0. The maximum atomic E-state index is 10.5. The molecule has 0 aromatic heterocycles. The predicted molar refractivity (Wildman–Crippen MR) is 78.0 cm³/mol. The van der Waals surface area contributed by atoms with Crippen molar-refractivity contribution in [3.05, 3.63) is 0 Å². The average Bonchev–Trinajstić information content (AvgIpc) is 2.49. The van der Waals surface area contributed by atoms with Crippen molar-refractivity contribution in [2.24, 2.45) is 0 Å². The molecule has 2 atom stereocenters. The van der Waals surface area contributed by atoms with Gasteiger partial charge in [0.2, 0.25) is 0 Å². The molecule has 2 unspecified atom stereocenters. The number of likely N-dealkylation sites (tertiary alicyclic amines) is 1. The molecule has 2 N–H and O–H groups in total. The Kier molecular flexibility index (Phi) is 4.94. The number of nitrogens with zero attached hydrogens (tertiary/aromatic N) is 3. The van der Waals surface area contributed by atoms with Crippen LogP contribution in [0.3, 0.4) is 0 Å². The van der Waals surface area contributed by atoms with E-state index >= 15 is 0 Å². The normalized spacial score (nSPS) is 36.3. The first-order valence-electron chi connectivity index (χ1n) is 8.37. The second-order valence-corrected chi connectivity index (χ2v) is 6.57. The summed E-state index contributed by atoms with van der Waals surface area (Å²) in [7, 11) is 0. The van der Waals surface area contributed by atoms with Crippen LogP contribution < -0.4 is 0 Å². The smallest absolute Gasteiger partial charge is 0.102 e. The van der Waals surface area contributed by atoms with E-state index in [0.29, 0.717) is 0 Å². The Morgan fingerprint density at radius 3 is 2.10 bits per heavy atom. The summed E-state index contributed by atoms with van der Waals surface area (Å²) in [6.07, 6.45) is 7.32. The van der Waals surface area contributed by atoms with E-state index in [1.54, 1.807) is 0 Å². The molecule has 5 nitrogen and oxygen atoms in total. The van der Waals surface area contributed by atoms with Gasteiger partial charge in [-0.25, -0.2) is 10.0 Å². The van der Waals surface area contributed by atoms with Crippen LogP contribution >= 0.6 is 0 Å². The van der Waals surface area contributed by atoms with Crippen LogP contribution in [0.1, 0.15) is 44.9 Å². The molecule has 0 saturated carbocycles. The van der Waals surface area contributed by atoms with Gasteiger partial charge in [0.1, 0.15) is 6.17 Å². The summed E-state index contributed by atoms with van der Waals surface area (Å²) in [5, 5.41) is 25.1. The molecule has 20 heavy (non-hydrogen) atoms. The predicted octanol–water partition coefficient (Wildman–Crippen LogP) is 0.627. The van der Waals surface area contributed by atoms with Crippen LogP contribution in [0.25, 0.3) is 0 Å². The van der Waals surface area contributed by atoms with Gasteiger partial charge < -0.3 is 10.2 Å². The van der Waals surface area contributed by atoms with E-state index in [1.807, 2.05) is 0 Å². The van der Waals surface area contributed by atoms with E-state index in [2.05, 4.69) is 14.9 Å². The molecule has 0 bridgehead atoms. The average molecular weight is 283 g/mol. The summed E-state index contributed by atoms with van der Waals surface area (Å²) in [4.78, 5) is 2.39. The van der Waals surface area contributed by atoms with Gasteiger partial charge in [0.05, 0.1) is 12.2 Å². The van der Waals surface area contributed by atoms with Crippen molar-refractivity contribution < 1.29 is 10.2 Å². The Balaban J connectivity index is 1.69. The zero-order valence-corrected chi connectivity index (χ0v) is 12.5. The minimum Gasteiger partial charge on any atom is -0.393 e. The molecule has 0 radical (unpaired) electrons. The van der Waals surface area contributed by atoms with E-state index in [1.165, 1.54) is 19.3 Å². The van der Waals surface area contributed by atoms with Gasteiger partial charge in [-0.1, -0.05) is 6.42 Å². The second-order valence-electron chi connectivity index (χ2n) is 6.57. The van der Waals surface area contributed by atoms with Crippen LogP contribution in [0.4, 0.5) is 0 Å². The number of piperidine rings is 3.